The summed E-state index contributed by atoms with van der Waals surface area (Å²) in [5.74, 6) is 0.106. The number of carbonyl (C=O) groups excluding carboxylic acids is 3. The Morgan fingerprint density at radius 1 is 1.10 bits per heavy atom. The molecule has 1 heterocycles. The Kier molecular flexibility index (Phi) is 6.87. The Balaban J connectivity index is 1.53. The third-order valence-electron chi connectivity index (χ3n) is 5.14. The van der Waals surface area contributed by atoms with Crippen molar-refractivity contribution in [1.82, 2.24) is 0 Å². The number of Topliss-reactive ketones (excluding diaryl/α,β-unsaturated/α-hetero) is 1. The van der Waals surface area contributed by atoms with Gasteiger partial charge in [-0.25, -0.2) is 4.79 Å². The van der Waals surface area contributed by atoms with E-state index in [-0.39, 0.29) is 24.9 Å². The first-order valence-electron chi connectivity index (χ1n) is 10.2. The zero-order valence-corrected chi connectivity index (χ0v) is 17.6. The second kappa shape index (κ2) is 9.57. The van der Waals surface area contributed by atoms with Crippen LogP contribution in [0.15, 0.2) is 42.5 Å². The van der Waals surface area contributed by atoms with E-state index in [1.807, 2.05) is 25.1 Å². The molecule has 0 radical (unpaired) electrons. The van der Waals surface area contributed by atoms with Crippen molar-refractivity contribution in [2.24, 2.45) is 0 Å². The van der Waals surface area contributed by atoms with Crippen LogP contribution in [0.5, 0.6) is 5.75 Å². The summed E-state index contributed by atoms with van der Waals surface area (Å²) in [4.78, 5) is 38.0. The molecule has 158 valence electrons. The predicted molar refractivity (Wildman–Crippen MR) is 114 cm³/mol. The zero-order chi connectivity index (χ0) is 21.7. The molecular formula is C24H27NO5. The Morgan fingerprint density at radius 2 is 1.90 bits per heavy atom. The first-order chi connectivity index (χ1) is 14.3. The number of hydrogen-bond acceptors (Lipinski definition) is 5. The highest BCUT2D eigenvalue weighted by molar-refractivity contribution is 6.01. The summed E-state index contributed by atoms with van der Waals surface area (Å²) in [6, 6.07) is 12.8. The van der Waals surface area contributed by atoms with E-state index in [0.717, 1.165) is 17.5 Å². The van der Waals surface area contributed by atoms with Crippen molar-refractivity contribution in [2.45, 2.75) is 39.5 Å². The lowest BCUT2D eigenvalue weighted by atomic mass is 10.0. The second-order valence-corrected chi connectivity index (χ2v) is 7.75. The molecule has 0 aliphatic carbocycles. The summed E-state index contributed by atoms with van der Waals surface area (Å²) in [6.45, 7) is 6.10. The van der Waals surface area contributed by atoms with E-state index in [4.69, 9.17) is 9.47 Å². The molecule has 0 N–H and O–H groups in total. The van der Waals surface area contributed by atoms with Crippen LogP contribution >= 0.6 is 0 Å². The summed E-state index contributed by atoms with van der Waals surface area (Å²) in [5.41, 5.74) is 3.15. The van der Waals surface area contributed by atoms with Crippen molar-refractivity contribution >= 4 is 23.3 Å². The highest BCUT2D eigenvalue weighted by Crippen LogP contribution is 2.24. The van der Waals surface area contributed by atoms with Gasteiger partial charge in [0.25, 0.3) is 0 Å². The molecule has 3 rings (SSSR count). The summed E-state index contributed by atoms with van der Waals surface area (Å²) in [6.07, 6.45) is 1.34. The van der Waals surface area contributed by atoms with Gasteiger partial charge >= 0.3 is 5.97 Å². The van der Waals surface area contributed by atoms with Gasteiger partial charge < -0.3 is 14.4 Å². The van der Waals surface area contributed by atoms with E-state index in [9.17, 15) is 14.4 Å². The molecule has 2 aromatic carbocycles. The largest absolute Gasteiger partial charge is 0.482 e. The first kappa shape index (κ1) is 21.6. The van der Waals surface area contributed by atoms with E-state index in [2.05, 4.69) is 13.8 Å². The van der Waals surface area contributed by atoms with Crippen LogP contribution < -0.4 is 9.64 Å². The minimum Gasteiger partial charge on any atom is -0.482 e. The quantitative estimate of drug-likeness (QED) is 0.486. The van der Waals surface area contributed by atoms with Gasteiger partial charge in [-0.15, -0.1) is 0 Å². The Labute approximate surface area is 176 Å². The van der Waals surface area contributed by atoms with E-state index in [1.165, 1.54) is 0 Å². The standard InChI is InChI=1S/C24H27NO5/c1-16(2)18-10-9-17(3)22(13-18)29-15-24(28)30-14-21(26)19-6-4-7-20(12-19)25-11-5-8-23(25)27/h4,6-7,9-10,12-13,16H,5,8,11,14-15H2,1-3H3. The molecule has 2 aromatic rings. The molecule has 6 heteroatoms. The first-order valence-corrected chi connectivity index (χ1v) is 10.2. The Morgan fingerprint density at radius 3 is 2.60 bits per heavy atom. The summed E-state index contributed by atoms with van der Waals surface area (Å²) < 4.78 is 10.7. The molecular weight excluding hydrogens is 382 g/mol. The molecule has 1 aliphatic rings. The van der Waals surface area contributed by atoms with Crippen molar-refractivity contribution in [3.63, 3.8) is 0 Å². The topological polar surface area (TPSA) is 72.9 Å². The number of rotatable bonds is 8. The van der Waals surface area contributed by atoms with Crippen molar-refractivity contribution in [3.05, 3.63) is 59.2 Å². The fraction of sp³-hybridized carbons (Fsp3) is 0.375. The molecule has 30 heavy (non-hydrogen) atoms. The van der Waals surface area contributed by atoms with Crippen LogP contribution in [0, 0.1) is 6.92 Å². The molecule has 0 atom stereocenters. The predicted octanol–water partition coefficient (Wildman–Crippen LogP) is 4.05. The van der Waals surface area contributed by atoms with Gasteiger partial charge in [-0.1, -0.05) is 38.1 Å². The number of benzene rings is 2. The fourth-order valence-electron chi connectivity index (χ4n) is 3.31. The number of nitrogens with zero attached hydrogens (tertiary/aromatic N) is 1. The van der Waals surface area contributed by atoms with E-state index in [0.29, 0.717) is 35.9 Å². The van der Waals surface area contributed by atoms with Crippen molar-refractivity contribution < 1.29 is 23.9 Å². The number of ketones is 1. The third kappa shape index (κ3) is 5.26. The van der Waals surface area contributed by atoms with Crippen molar-refractivity contribution in [1.29, 1.82) is 0 Å². The molecule has 1 amide bonds. The van der Waals surface area contributed by atoms with Crippen molar-refractivity contribution in [2.75, 3.05) is 24.7 Å². The lowest BCUT2D eigenvalue weighted by Gasteiger charge is -2.16. The smallest absolute Gasteiger partial charge is 0.344 e. The minimum absolute atomic E-state index is 0.0556. The number of aryl methyl sites for hydroxylation is 1. The fourth-order valence-corrected chi connectivity index (χ4v) is 3.31. The van der Waals surface area contributed by atoms with Crippen LogP contribution in [0.3, 0.4) is 0 Å². The maximum atomic E-state index is 12.4. The number of amides is 1. The zero-order valence-electron chi connectivity index (χ0n) is 17.6. The molecule has 0 saturated carbocycles. The Hall–Kier alpha value is -3.15. The van der Waals surface area contributed by atoms with Crippen LogP contribution in [0.1, 0.15) is 54.1 Å². The monoisotopic (exact) mass is 409 g/mol. The number of carbonyl (C=O) groups is 3. The van der Waals surface area contributed by atoms with Gasteiger partial charge in [-0.05, 0) is 48.6 Å². The van der Waals surface area contributed by atoms with Crippen LogP contribution in [-0.4, -0.2) is 37.4 Å². The average Bonchev–Trinajstić information content (AvgIpc) is 3.17. The van der Waals surface area contributed by atoms with Gasteiger partial charge in [-0.3, -0.25) is 9.59 Å². The number of ether oxygens (including phenoxy) is 2. The van der Waals surface area contributed by atoms with Gasteiger partial charge in [0.2, 0.25) is 5.91 Å². The van der Waals surface area contributed by atoms with Gasteiger partial charge in [-0.2, -0.15) is 0 Å². The highest BCUT2D eigenvalue weighted by Gasteiger charge is 2.22. The summed E-state index contributed by atoms with van der Waals surface area (Å²) in [7, 11) is 0. The van der Waals surface area contributed by atoms with Gasteiger partial charge in [0.15, 0.2) is 19.0 Å². The molecule has 0 unspecified atom stereocenters. The minimum atomic E-state index is -0.608. The van der Waals surface area contributed by atoms with E-state index in [1.54, 1.807) is 29.2 Å². The molecule has 0 spiro atoms. The number of esters is 1. The normalized spacial score (nSPS) is 13.6. The third-order valence-corrected chi connectivity index (χ3v) is 5.14. The van der Waals surface area contributed by atoms with Crippen LogP contribution in [0.4, 0.5) is 5.69 Å². The van der Waals surface area contributed by atoms with E-state index >= 15 is 0 Å². The molecule has 0 bridgehead atoms. The number of hydrogen-bond donors (Lipinski definition) is 0. The highest BCUT2D eigenvalue weighted by atomic mass is 16.6. The van der Waals surface area contributed by atoms with Gasteiger partial charge in [0, 0.05) is 24.2 Å². The average molecular weight is 409 g/mol. The lowest BCUT2D eigenvalue weighted by molar-refractivity contribution is -0.144. The summed E-state index contributed by atoms with van der Waals surface area (Å²) in [5, 5.41) is 0. The molecule has 1 fully saturated rings. The summed E-state index contributed by atoms with van der Waals surface area (Å²) >= 11 is 0. The van der Waals surface area contributed by atoms with Gasteiger partial charge in [0.05, 0.1) is 0 Å². The SMILES string of the molecule is Cc1ccc(C(C)C)cc1OCC(=O)OCC(=O)c1cccc(N2CCCC2=O)c1. The maximum absolute atomic E-state index is 12.4. The van der Waals surface area contributed by atoms with Crippen LogP contribution in [0.25, 0.3) is 0 Å². The second-order valence-electron chi connectivity index (χ2n) is 7.75. The van der Waals surface area contributed by atoms with Crippen molar-refractivity contribution in [3.8, 4) is 5.75 Å². The lowest BCUT2D eigenvalue weighted by Crippen LogP contribution is -2.24. The molecule has 6 nitrogen and oxygen atoms in total. The van der Waals surface area contributed by atoms with Crippen LogP contribution in [0.2, 0.25) is 0 Å². The van der Waals surface area contributed by atoms with E-state index < -0.39 is 5.97 Å². The van der Waals surface area contributed by atoms with Crippen LogP contribution in [-0.2, 0) is 14.3 Å². The number of anilines is 1. The molecule has 1 saturated heterocycles. The van der Waals surface area contributed by atoms with Gasteiger partial charge in [0.1, 0.15) is 5.75 Å². The molecule has 0 aromatic heterocycles. The Bertz CT molecular complexity index is 950. The maximum Gasteiger partial charge on any atom is 0.344 e. The molecule has 1 aliphatic heterocycles.